The molecule has 1 heterocycles. The molecule has 0 atom stereocenters. The molecule has 0 aliphatic carbocycles. The lowest BCUT2D eigenvalue weighted by molar-refractivity contribution is 0.0950. The Labute approximate surface area is 163 Å². The molecule has 2 aromatic carbocycles. The number of amides is 1. The van der Waals surface area contributed by atoms with E-state index in [0.717, 1.165) is 22.6 Å². The molecule has 3 rings (SSSR count). The van der Waals surface area contributed by atoms with E-state index in [0.29, 0.717) is 24.6 Å². The average Bonchev–Trinajstić information content (AvgIpc) is 3.20. The summed E-state index contributed by atoms with van der Waals surface area (Å²) < 4.78 is 10.9. The van der Waals surface area contributed by atoms with Gasteiger partial charge in [0.2, 0.25) is 0 Å². The molecular weight excluding hydrogens is 356 g/mol. The van der Waals surface area contributed by atoms with Gasteiger partial charge in [-0.15, -0.1) is 0 Å². The van der Waals surface area contributed by atoms with Gasteiger partial charge in [-0.05, 0) is 61.9 Å². The van der Waals surface area contributed by atoms with Gasteiger partial charge in [-0.2, -0.15) is 10.2 Å². The molecule has 0 unspecified atom stereocenters. The second-order valence-electron chi connectivity index (χ2n) is 5.83. The fourth-order valence-corrected chi connectivity index (χ4v) is 2.54. The van der Waals surface area contributed by atoms with E-state index in [9.17, 15) is 4.79 Å². The van der Waals surface area contributed by atoms with E-state index >= 15 is 0 Å². The lowest BCUT2D eigenvalue weighted by Gasteiger charge is -2.03. The fraction of sp³-hybridized carbons (Fsp3) is 0.190. The van der Waals surface area contributed by atoms with Gasteiger partial charge in [0.15, 0.2) is 0 Å². The Bertz CT molecular complexity index is 948. The van der Waals surface area contributed by atoms with Crippen LogP contribution in [0.4, 0.5) is 0 Å². The number of benzene rings is 2. The van der Waals surface area contributed by atoms with Crippen LogP contribution in [0.2, 0.25) is 0 Å². The summed E-state index contributed by atoms with van der Waals surface area (Å²) in [5.74, 6) is 1.18. The molecular formula is C21H22N4O3. The van der Waals surface area contributed by atoms with Crippen molar-refractivity contribution in [3.8, 4) is 22.8 Å². The van der Waals surface area contributed by atoms with E-state index in [1.165, 1.54) is 0 Å². The summed E-state index contributed by atoms with van der Waals surface area (Å²) in [6, 6.07) is 16.6. The van der Waals surface area contributed by atoms with E-state index in [1.807, 2.05) is 62.4 Å². The van der Waals surface area contributed by atoms with Gasteiger partial charge in [0, 0.05) is 5.56 Å². The molecule has 28 heavy (non-hydrogen) atoms. The van der Waals surface area contributed by atoms with Crippen LogP contribution in [0.15, 0.2) is 59.7 Å². The predicted octanol–water partition coefficient (Wildman–Crippen LogP) is 3.64. The number of hydrazone groups is 1. The zero-order chi connectivity index (χ0) is 19.8. The summed E-state index contributed by atoms with van der Waals surface area (Å²) in [7, 11) is 0. The third kappa shape index (κ3) is 4.97. The Morgan fingerprint density at radius 3 is 2.57 bits per heavy atom. The van der Waals surface area contributed by atoms with Gasteiger partial charge in [-0.1, -0.05) is 12.1 Å². The van der Waals surface area contributed by atoms with Crippen LogP contribution in [0.25, 0.3) is 11.3 Å². The summed E-state index contributed by atoms with van der Waals surface area (Å²) in [4.78, 5) is 12.2. The monoisotopic (exact) mass is 378 g/mol. The number of rotatable bonds is 8. The number of aromatic nitrogens is 2. The van der Waals surface area contributed by atoms with Crippen LogP contribution in [0.3, 0.4) is 0 Å². The maximum atomic E-state index is 12.2. The van der Waals surface area contributed by atoms with Crippen molar-refractivity contribution in [2.75, 3.05) is 13.2 Å². The molecule has 1 aromatic heterocycles. The van der Waals surface area contributed by atoms with Gasteiger partial charge in [0.05, 0.1) is 25.1 Å². The molecule has 144 valence electrons. The van der Waals surface area contributed by atoms with Crippen molar-refractivity contribution >= 4 is 12.1 Å². The number of nitrogens with zero attached hydrogens (tertiary/aromatic N) is 2. The topological polar surface area (TPSA) is 88.6 Å². The second-order valence-corrected chi connectivity index (χ2v) is 5.83. The molecule has 0 aliphatic heterocycles. The average molecular weight is 378 g/mol. The number of hydrogen-bond donors (Lipinski definition) is 2. The molecule has 0 aliphatic rings. The first-order valence-corrected chi connectivity index (χ1v) is 9.04. The SMILES string of the molecule is CCOc1ccc(C=NNC(=O)c2cc(-c3cccc(OCC)c3)n[nH]2)cc1. The van der Waals surface area contributed by atoms with Crippen molar-refractivity contribution < 1.29 is 14.3 Å². The lowest BCUT2D eigenvalue weighted by atomic mass is 10.1. The molecule has 7 nitrogen and oxygen atoms in total. The zero-order valence-electron chi connectivity index (χ0n) is 15.8. The number of aromatic amines is 1. The van der Waals surface area contributed by atoms with Crippen molar-refractivity contribution in [3.05, 3.63) is 65.9 Å². The van der Waals surface area contributed by atoms with Gasteiger partial charge in [0.25, 0.3) is 5.91 Å². The van der Waals surface area contributed by atoms with Gasteiger partial charge in [-0.3, -0.25) is 9.89 Å². The maximum Gasteiger partial charge on any atom is 0.289 e. The van der Waals surface area contributed by atoms with Crippen LogP contribution in [0.1, 0.15) is 29.9 Å². The molecule has 0 fully saturated rings. The van der Waals surface area contributed by atoms with Gasteiger partial charge in [-0.25, -0.2) is 5.43 Å². The Morgan fingerprint density at radius 2 is 1.82 bits per heavy atom. The first-order valence-electron chi connectivity index (χ1n) is 9.04. The normalized spacial score (nSPS) is 10.8. The van der Waals surface area contributed by atoms with Crippen molar-refractivity contribution in [1.29, 1.82) is 0 Å². The molecule has 0 radical (unpaired) electrons. The number of hydrogen-bond acceptors (Lipinski definition) is 5. The third-order valence-corrected chi connectivity index (χ3v) is 3.83. The summed E-state index contributed by atoms with van der Waals surface area (Å²) in [5.41, 5.74) is 5.17. The number of carbonyl (C=O) groups is 1. The largest absolute Gasteiger partial charge is 0.494 e. The van der Waals surface area contributed by atoms with Crippen molar-refractivity contribution in [2.24, 2.45) is 5.10 Å². The molecule has 0 spiro atoms. The minimum atomic E-state index is -0.373. The van der Waals surface area contributed by atoms with E-state index in [4.69, 9.17) is 9.47 Å². The van der Waals surface area contributed by atoms with E-state index < -0.39 is 0 Å². The molecule has 1 amide bonds. The second kappa shape index (κ2) is 9.36. The summed E-state index contributed by atoms with van der Waals surface area (Å²) in [5, 5.41) is 10.9. The van der Waals surface area contributed by atoms with E-state index in [1.54, 1.807) is 12.3 Å². The first-order chi connectivity index (χ1) is 13.7. The minimum absolute atomic E-state index is 0.320. The molecule has 0 bridgehead atoms. The first kappa shape index (κ1) is 19.2. The van der Waals surface area contributed by atoms with E-state index in [-0.39, 0.29) is 5.91 Å². The maximum absolute atomic E-state index is 12.2. The van der Waals surface area contributed by atoms with Crippen molar-refractivity contribution in [2.45, 2.75) is 13.8 Å². The number of carbonyl (C=O) groups excluding carboxylic acids is 1. The highest BCUT2D eigenvalue weighted by Crippen LogP contribution is 2.22. The smallest absolute Gasteiger partial charge is 0.289 e. The molecule has 2 N–H and O–H groups in total. The van der Waals surface area contributed by atoms with Crippen LogP contribution in [0, 0.1) is 0 Å². The fourth-order valence-electron chi connectivity index (χ4n) is 2.54. The van der Waals surface area contributed by atoms with Crippen LogP contribution >= 0.6 is 0 Å². The van der Waals surface area contributed by atoms with Crippen molar-refractivity contribution in [1.82, 2.24) is 15.6 Å². The number of ether oxygens (including phenoxy) is 2. The quantitative estimate of drug-likeness (QED) is 0.463. The summed E-state index contributed by atoms with van der Waals surface area (Å²) in [6.45, 7) is 5.06. The van der Waals surface area contributed by atoms with Gasteiger partial charge < -0.3 is 9.47 Å². The summed E-state index contributed by atoms with van der Waals surface area (Å²) >= 11 is 0. The van der Waals surface area contributed by atoms with Crippen LogP contribution in [0.5, 0.6) is 11.5 Å². The van der Waals surface area contributed by atoms with E-state index in [2.05, 4.69) is 20.7 Å². The summed E-state index contributed by atoms with van der Waals surface area (Å²) in [6.07, 6.45) is 1.57. The van der Waals surface area contributed by atoms with Crippen LogP contribution < -0.4 is 14.9 Å². The Morgan fingerprint density at radius 1 is 1.07 bits per heavy atom. The lowest BCUT2D eigenvalue weighted by Crippen LogP contribution is -2.17. The van der Waals surface area contributed by atoms with Crippen molar-refractivity contribution in [3.63, 3.8) is 0 Å². The third-order valence-electron chi connectivity index (χ3n) is 3.83. The zero-order valence-corrected chi connectivity index (χ0v) is 15.8. The number of nitrogens with one attached hydrogen (secondary N) is 2. The highest BCUT2D eigenvalue weighted by molar-refractivity contribution is 5.94. The molecule has 7 heteroatoms. The highest BCUT2D eigenvalue weighted by Gasteiger charge is 2.11. The Kier molecular flexibility index (Phi) is 6.41. The van der Waals surface area contributed by atoms with Gasteiger partial charge in [0.1, 0.15) is 17.2 Å². The molecule has 0 saturated heterocycles. The number of H-pyrrole nitrogens is 1. The minimum Gasteiger partial charge on any atom is -0.494 e. The van der Waals surface area contributed by atoms with Gasteiger partial charge >= 0.3 is 0 Å². The van der Waals surface area contributed by atoms with Crippen LogP contribution in [-0.2, 0) is 0 Å². The predicted molar refractivity (Wildman–Crippen MR) is 108 cm³/mol. The highest BCUT2D eigenvalue weighted by atomic mass is 16.5. The Hall–Kier alpha value is -3.61. The standard InChI is InChI=1S/C21H22N4O3/c1-3-27-17-10-8-15(9-11-17)14-22-25-21(26)20-13-19(23-24-20)16-6-5-7-18(12-16)28-4-2/h5-14H,3-4H2,1-2H3,(H,23,24)(H,25,26). The Balaban J connectivity index is 1.61. The molecule has 3 aromatic rings. The molecule has 0 saturated carbocycles. The van der Waals surface area contributed by atoms with Crippen LogP contribution in [-0.4, -0.2) is 35.5 Å².